The summed E-state index contributed by atoms with van der Waals surface area (Å²) in [5, 5.41) is 10.6. The Morgan fingerprint density at radius 2 is 2.00 bits per heavy atom. The molecule has 0 atom stereocenters. The number of hydrogen-bond acceptors (Lipinski definition) is 6. The molecule has 0 aromatic carbocycles. The normalized spacial score (nSPS) is 10.6. The number of nitrogens with one attached hydrogen (secondary N) is 1. The highest BCUT2D eigenvalue weighted by atomic mass is 35.5. The third-order valence-electron chi connectivity index (χ3n) is 1.15. The molecule has 0 saturated carbocycles. The number of halogens is 1. The number of nitrogens with zero attached hydrogens (tertiary/aromatic N) is 4. The van der Waals surface area contributed by atoms with Crippen molar-refractivity contribution in [1.29, 1.82) is 5.26 Å². The molecular weight excluding hydrogens is 218 g/mol. The van der Waals surface area contributed by atoms with Crippen LogP contribution in [0, 0.1) is 11.5 Å². The van der Waals surface area contributed by atoms with Gasteiger partial charge in [-0.3, -0.25) is 5.32 Å². The summed E-state index contributed by atoms with van der Waals surface area (Å²) in [6.07, 6.45) is 1.68. The zero-order chi connectivity index (χ0) is 11.5. The van der Waals surface area contributed by atoms with E-state index in [2.05, 4.69) is 20.3 Å². The minimum absolute atomic E-state index is 0.0259. The fraction of sp³-hybridized carbons (Fsp3) is 0.500. The van der Waals surface area contributed by atoms with E-state index < -0.39 is 5.60 Å². The first-order valence-electron chi connectivity index (χ1n) is 4.16. The van der Waals surface area contributed by atoms with Gasteiger partial charge in [-0.15, -0.1) is 0 Å². The minimum atomic E-state index is -0.436. The van der Waals surface area contributed by atoms with Gasteiger partial charge in [0.2, 0.25) is 11.2 Å². The van der Waals surface area contributed by atoms with Crippen molar-refractivity contribution >= 4 is 17.5 Å². The summed E-state index contributed by atoms with van der Waals surface area (Å²) in [5.41, 5.74) is -0.436. The molecule has 0 aliphatic rings. The third-order valence-corrected chi connectivity index (χ3v) is 1.32. The number of hydrogen-bond donors (Lipinski definition) is 1. The van der Waals surface area contributed by atoms with Gasteiger partial charge in [-0.25, -0.2) is 0 Å². The highest BCUT2D eigenvalue weighted by Gasteiger charge is 2.15. The molecule has 0 fully saturated rings. The molecule has 1 aromatic rings. The van der Waals surface area contributed by atoms with E-state index in [1.54, 1.807) is 6.19 Å². The zero-order valence-electron chi connectivity index (χ0n) is 8.58. The number of rotatable bonds is 2. The quantitative estimate of drug-likeness (QED) is 0.610. The SMILES string of the molecule is CC(C)(C)Oc1nc(Cl)nc(NC#N)n1. The van der Waals surface area contributed by atoms with Crippen LogP contribution in [0.4, 0.5) is 5.95 Å². The van der Waals surface area contributed by atoms with Crippen molar-refractivity contribution < 1.29 is 4.74 Å². The van der Waals surface area contributed by atoms with Gasteiger partial charge in [0, 0.05) is 0 Å². The van der Waals surface area contributed by atoms with E-state index in [4.69, 9.17) is 21.6 Å². The van der Waals surface area contributed by atoms with Gasteiger partial charge in [-0.05, 0) is 32.4 Å². The highest BCUT2D eigenvalue weighted by Crippen LogP contribution is 2.16. The maximum Gasteiger partial charge on any atom is 0.323 e. The summed E-state index contributed by atoms with van der Waals surface area (Å²) in [7, 11) is 0. The Kier molecular flexibility index (Phi) is 3.27. The summed E-state index contributed by atoms with van der Waals surface area (Å²) in [6.45, 7) is 5.55. The van der Waals surface area contributed by atoms with Crippen LogP contribution in [0.3, 0.4) is 0 Å². The van der Waals surface area contributed by atoms with E-state index in [0.717, 1.165) is 0 Å². The first-order chi connectivity index (χ1) is 6.90. The Balaban J connectivity index is 2.95. The van der Waals surface area contributed by atoms with Crippen molar-refractivity contribution in [3.63, 3.8) is 0 Å². The molecule has 0 bridgehead atoms. The Labute approximate surface area is 92.3 Å². The Morgan fingerprint density at radius 3 is 2.53 bits per heavy atom. The van der Waals surface area contributed by atoms with E-state index in [1.807, 2.05) is 20.8 Å². The van der Waals surface area contributed by atoms with E-state index in [0.29, 0.717) is 0 Å². The molecule has 7 heteroatoms. The lowest BCUT2D eigenvalue weighted by Crippen LogP contribution is -2.24. The molecule has 0 unspecified atom stereocenters. The minimum Gasteiger partial charge on any atom is -0.458 e. The largest absolute Gasteiger partial charge is 0.458 e. The van der Waals surface area contributed by atoms with E-state index in [-0.39, 0.29) is 17.2 Å². The van der Waals surface area contributed by atoms with Gasteiger partial charge in [0.15, 0.2) is 6.19 Å². The average molecular weight is 228 g/mol. The Hall–Kier alpha value is -1.61. The van der Waals surface area contributed by atoms with Crippen molar-refractivity contribution in [2.24, 2.45) is 0 Å². The first kappa shape index (κ1) is 11.5. The molecule has 1 heterocycles. The van der Waals surface area contributed by atoms with Gasteiger partial charge in [0.05, 0.1) is 0 Å². The van der Waals surface area contributed by atoms with Crippen molar-refractivity contribution in [2.75, 3.05) is 5.32 Å². The second-order valence-electron chi connectivity index (χ2n) is 3.66. The van der Waals surface area contributed by atoms with Crippen LogP contribution in [-0.4, -0.2) is 20.6 Å². The van der Waals surface area contributed by atoms with Gasteiger partial charge in [-0.1, -0.05) is 0 Å². The molecule has 0 aliphatic heterocycles. The van der Waals surface area contributed by atoms with Crippen LogP contribution in [0.1, 0.15) is 20.8 Å². The van der Waals surface area contributed by atoms with Gasteiger partial charge in [0.1, 0.15) is 5.60 Å². The van der Waals surface area contributed by atoms with Crippen molar-refractivity contribution in [3.05, 3.63) is 5.28 Å². The standard InChI is InChI=1S/C8H10ClN5O/c1-8(2,3)15-7-13-5(9)12-6(14-7)11-4-10/h1-3H3,(H,11,12,13,14). The molecular formula is C8H10ClN5O. The highest BCUT2D eigenvalue weighted by molar-refractivity contribution is 6.28. The lowest BCUT2D eigenvalue weighted by atomic mass is 10.2. The van der Waals surface area contributed by atoms with Gasteiger partial charge >= 0.3 is 6.01 Å². The zero-order valence-corrected chi connectivity index (χ0v) is 9.33. The molecule has 80 valence electrons. The summed E-state index contributed by atoms with van der Waals surface area (Å²) in [6, 6.07) is 0.0836. The molecule has 1 rings (SSSR count). The molecule has 0 radical (unpaired) electrons. The molecule has 0 amide bonds. The maximum absolute atomic E-state index is 8.39. The fourth-order valence-electron chi connectivity index (χ4n) is 0.757. The van der Waals surface area contributed by atoms with Crippen LogP contribution < -0.4 is 10.1 Å². The van der Waals surface area contributed by atoms with Crippen LogP contribution in [0.5, 0.6) is 6.01 Å². The topological polar surface area (TPSA) is 83.7 Å². The van der Waals surface area contributed by atoms with Gasteiger partial charge in [-0.2, -0.15) is 20.2 Å². The molecule has 0 spiro atoms. The Morgan fingerprint density at radius 1 is 1.33 bits per heavy atom. The molecule has 6 nitrogen and oxygen atoms in total. The molecule has 0 saturated heterocycles. The number of anilines is 1. The summed E-state index contributed by atoms with van der Waals surface area (Å²) >= 11 is 5.62. The molecule has 1 N–H and O–H groups in total. The van der Waals surface area contributed by atoms with Gasteiger partial charge in [0.25, 0.3) is 0 Å². The van der Waals surface area contributed by atoms with Crippen LogP contribution >= 0.6 is 11.6 Å². The van der Waals surface area contributed by atoms with E-state index in [9.17, 15) is 0 Å². The monoisotopic (exact) mass is 227 g/mol. The molecule has 1 aromatic heterocycles. The predicted octanol–water partition coefficient (Wildman–Crippen LogP) is 1.60. The number of ether oxygens (including phenoxy) is 1. The van der Waals surface area contributed by atoms with Crippen molar-refractivity contribution in [3.8, 4) is 12.2 Å². The average Bonchev–Trinajstić information content (AvgIpc) is 1.99. The second-order valence-corrected chi connectivity index (χ2v) is 4.00. The maximum atomic E-state index is 8.39. The second kappa shape index (κ2) is 4.28. The van der Waals surface area contributed by atoms with Crippen LogP contribution in [0.15, 0.2) is 0 Å². The number of nitriles is 1. The Bertz CT molecular complexity index is 395. The number of aromatic nitrogens is 3. The fourth-order valence-corrected chi connectivity index (χ4v) is 0.910. The van der Waals surface area contributed by atoms with Crippen LogP contribution in [0.2, 0.25) is 5.28 Å². The van der Waals surface area contributed by atoms with E-state index in [1.165, 1.54) is 0 Å². The van der Waals surface area contributed by atoms with E-state index >= 15 is 0 Å². The third kappa shape index (κ3) is 3.95. The van der Waals surface area contributed by atoms with Crippen molar-refractivity contribution in [1.82, 2.24) is 15.0 Å². The smallest absolute Gasteiger partial charge is 0.323 e. The summed E-state index contributed by atoms with van der Waals surface area (Å²) in [5.74, 6) is 0.0664. The lowest BCUT2D eigenvalue weighted by molar-refractivity contribution is 0.117. The van der Waals surface area contributed by atoms with Gasteiger partial charge < -0.3 is 4.74 Å². The first-order valence-corrected chi connectivity index (χ1v) is 4.54. The van der Waals surface area contributed by atoms with Crippen LogP contribution in [-0.2, 0) is 0 Å². The summed E-state index contributed by atoms with van der Waals surface area (Å²) in [4.78, 5) is 11.3. The molecule has 0 aliphatic carbocycles. The molecule has 15 heavy (non-hydrogen) atoms. The van der Waals surface area contributed by atoms with Crippen LogP contribution in [0.25, 0.3) is 0 Å². The summed E-state index contributed by atoms with van der Waals surface area (Å²) < 4.78 is 5.37. The lowest BCUT2D eigenvalue weighted by Gasteiger charge is -2.19. The predicted molar refractivity (Wildman–Crippen MR) is 54.5 cm³/mol. The van der Waals surface area contributed by atoms with Crippen molar-refractivity contribution in [2.45, 2.75) is 26.4 Å².